The van der Waals surface area contributed by atoms with E-state index in [1.54, 1.807) is 24.4 Å². The van der Waals surface area contributed by atoms with Gasteiger partial charge in [0.1, 0.15) is 11.4 Å². The number of methoxy groups -OCH3 is 1. The van der Waals surface area contributed by atoms with Gasteiger partial charge in [-0.2, -0.15) is 0 Å². The molecule has 8 heteroatoms. The molecule has 0 spiro atoms. The van der Waals surface area contributed by atoms with Gasteiger partial charge < -0.3 is 19.5 Å². The molecule has 1 fully saturated rings. The van der Waals surface area contributed by atoms with Gasteiger partial charge in [-0.25, -0.2) is 9.97 Å². The highest BCUT2D eigenvalue weighted by atomic mass is 35.5. The highest BCUT2D eigenvalue weighted by Gasteiger charge is 2.29. The predicted molar refractivity (Wildman–Crippen MR) is 109 cm³/mol. The number of hydrogen-bond donors (Lipinski definition) is 1. The number of nitrogens with zero attached hydrogens (tertiary/aromatic N) is 4. The van der Waals surface area contributed by atoms with E-state index in [0.717, 1.165) is 36.0 Å². The minimum atomic E-state index is -0.0536. The number of H-pyrrole nitrogens is 1. The zero-order valence-corrected chi connectivity index (χ0v) is 16.6. The van der Waals surface area contributed by atoms with Crippen LogP contribution in [-0.4, -0.2) is 59.0 Å². The first-order valence-corrected chi connectivity index (χ1v) is 9.60. The van der Waals surface area contributed by atoms with Crippen LogP contribution in [0.2, 0.25) is 5.02 Å². The van der Waals surface area contributed by atoms with Crippen molar-refractivity contribution in [3.63, 3.8) is 0 Å². The van der Waals surface area contributed by atoms with E-state index < -0.39 is 0 Å². The van der Waals surface area contributed by atoms with E-state index in [1.165, 1.54) is 0 Å². The molecule has 2 aromatic heterocycles. The summed E-state index contributed by atoms with van der Waals surface area (Å²) in [6.07, 6.45) is 5.24. The number of ether oxygens (including phenoxy) is 1. The van der Waals surface area contributed by atoms with E-state index in [4.69, 9.17) is 16.3 Å². The topological polar surface area (TPSA) is 74.4 Å². The number of fused-ring (bicyclic) bond motifs is 1. The average Bonchev–Trinajstić information content (AvgIpc) is 3.34. The third-order valence-electron chi connectivity index (χ3n) is 5.15. The van der Waals surface area contributed by atoms with Crippen LogP contribution in [0.4, 0.5) is 5.95 Å². The lowest BCUT2D eigenvalue weighted by molar-refractivity contribution is 0.0782. The maximum absolute atomic E-state index is 13.0. The monoisotopic (exact) mass is 399 g/mol. The fourth-order valence-electron chi connectivity index (χ4n) is 3.77. The number of halogens is 1. The minimum Gasteiger partial charge on any atom is -0.496 e. The minimum absolute atomic E-state index is 0.0536. The van der Waals surface area contributed by atoms with Crippen LogP contribution in [0.3, 0.4) is 0 Å². The van der Waals surface area contributed by atoms with Gasteiger partial charge in [0.25, 0.3) is 5.91 Å². The number of carbonyl (C=O) groups is 1. The second kappa shape index (κ2) is 7.67. The Bertz CT molecular complexity index is 988. The normalized spacial score (nSPS) is 16.5. The molecule has 1 aromatic carbocycles. The third kappa shape index (κ3) is 3.49. The van der Waals surface area contributed by atoms with E-state index in [9.17, 15) is 4.79 Å². The predicted octanol–water partition coefficient (Wildman–Crippen LogP) is 3.36. The number of likely N-dealkylation sites (N-methyl/N-ethyl adjacent to an activating group) is 1. The summed E-state index contributed by atoms with van der Waals surface area (Å²) in [5.41, 5.74) is 1.43. The Morgan fingerprint density at radius 1 is 1.39 bits per heavy atom. The van der Waals surface area contributed by atoms with Gasteiger partial charge in [0.05, 0.1) is 24.5 Å². The largest absolute Gasteiger partial charge is 0.496 e. The van der Waals surface area contributed by atoms with Crippen molar-refractivity contribution in [2.75, 3.05) is 32.1 Å². The van der Waals surface area contributed by atoms with Crippen LogP contribution in [0, 0.1) is 0 Å². The molecule has 3 aromatic rings. The van der Waals surface area contributed by atoms with Gasteiger partial charge in [0, 0.05) is 37.1 Å². The second-order valence-electron chi connectivity index (χ2n) is 6.98. The Kier molecular flexibility index (Phi) is 5.09. The van der Waals surface area contributed by atoms with Gasteiger partial charge in [-0.15, -0.1) is 0 Å². The van der Waals surface area contributed by atoms with Crippen LogP contribution in [0.25, 0.3) is 10.9 Å². The number of rotatable bonds is 5. The zero-order chi connectivity index (χ0) is 19.7. The number of anilines is 1. The molecule has 3 heterocycles. The van der Waals surface area contributed by atoms with E-state index >= 15 is 0 Å². The number of aromatic amines is 1. The lowest BCUT2D eigenvalue weighted by Crippen LogP contribution is -2.42. The first-order chi connectivity index (χ1) is 13.6. The fraction of sp³-hybridized carbons (Fsp3) is 0.350. The van der Waals surface area contributed by atoms with Crippen molar-refractivity contribution in [2.24, 2.45) is 0 Å². The fourth-order valence-corrected chi connectivity index (χ4v) is 3.87. The Balaban J connectivity index is 1.50. The van der Waals surface area contributed by atoms with Crippen LogP contribution in [0.5, 0.6) is 5.75 Å². The summed E-state index contributed by atoms with van der Waals surface area (Å²) in [7, 11) is 3.45. The summed E-state index contributed by atoms with van der Waals surface area (Å²) in [5, 5.41) is 1.42. The van der Waals surface area contributed by atoms with Crippen molar-refractivity contribution in [1.82, 2.24) is 19.9 Å². The molecule has 146 valence electrons. The number of aromatic nitrogens is 3. The quantitative estimate of drug-likeness (QED) is 0.712. The number of amides is 1. The molecule has 1 aliphatic rings. The molecule has 1 amide bonds. The number of hydrogen-bond acceptors (Lipinski definition) is 5. The van der Waals surface area contributed by atoms with E-state index in [-0.39, 0.29) is 11.9 Å². The van der Waals surface area contributed by atoms with E-state index in [2.05, 4.69) is 19.9 Å². The molecule has 1 atom stereocenters. The van der Waals surface area contributed by atoms with Gasteiger partial charge in [0.2, 0.25) is 5.95 Å². The summed E-state index contributed by atoms with van der Waals surface area (Å²) in [5.74, 6) is 1.35. The highest BCUT2D eigenvalue weighted by Crippen LogP contribution is 2.27. The highest BCUT2D eigenvalue weighted by molar-refractivity contribution is 6.30. The summed E-state index contributed by atoms with van der Waals surface area (Å²) < 4.78 is 5.39. The maximum Gasteiger partial charge on any atom is 0.270 e. The van der Waals surface area contributed by atoms with Crippen molar-refractivity contribution < 1.29 is 9.53 Å². The van der Waals surface area contributed by atoms with Crippen LogP contribution in [0.15, 0.2) is 36.7 Å². The molecule has 0 saturated carbocycles. The van der Waals surface area contributed by atoms with Crippen molar-refractivity contribution in [3.05, 3.63) is 47.4 Å². The van der Waals surface area contributed by atoms with Crippen LogP contribution in [0.1, 0.15) is 23.3 Å². The Hall–Kier alpha value is -2.80. The van der Waals surface area contributed by atoms with Crippen molar-refractivity contribution in [3.8, 4) is 5.75 Å². The lowest BCUT2D eigenvalue weighted by Gasteiger charge is -2.28. The van der Waals surface area contributed by atoms with Crippen LogP contribution >= 0.6 is 11.6 Å². The van der Waals surface area contributed by atoms with Crippen molar-refractivity contribution in [2.45, 2.75) is 18.9 Å². The third-order valence-corrected chi connectivity index (χ3v) is 5.34. The van der Waals surface area contributed by atoms with E-state index in [0.29, 0.717) is 23.2 Å². The van der Waals surface area contributed by atoms with Gasteiger partial charge in [-0.1, -0.05) is 17.7 Å². The zero-order valence-electron chi connectivity index (χ0n) is 15.9. The summed E-state index contributed by atoms with van der Waals surface area (Å²) in [6, 6.07) is 7.75. The average molecular weight is 400 g/mol. The number of benzene rings is 1. The molecular weight excluding hydrogens is 378 g/mol. The van der Waals surface area contributed by atoms with Gasteiger partial charge in [-0.05, 0) is 31.0 Å². The Morgan fingerprint density at radius 3 is 2.93 bits per heavy atom. The molecule has 1 N–H and O–H groups in total. The summed E-state index contributed by atoms with van der Waals surface area (Å²) in [4.78, 5) is 28.7. The first kappa shape index (κ1) is 18.6. The van der Waals surface area contributed by atoms with Crippen LogP contribution < -0.4 is 9.64 Å². The van der Waals surface area contributed by atoms with Crippen molar-refractivity contribution in [1.29, 1.82) is 0 Å². The molecule has 7 nitrogen and oxygen atoms in total. The molecule has 1 aliphatic heterocycles. The van der Waals surface area contributed by atoms with Gasteiger partial charge in [0.15, 0.2) is 0 Å². The number of carbonyl (C=O) groups excluding carboxylic acids is 1. The molecule has 4 rings (SSSR count). The first-order valence-electron chi connectivity index (χ1n) is 9.22. The standard InChI is InChI=1S/C20H22ClN5O2/c1-25(12-14-5-4-8-26(14)20-22-10-13(21)11-23-20)19(27)17-9-15-16(24-17)6-3-7-18(15)28-2/h3,6-7,9-11,14,24H,4-5,8,12H2,1-2H3. The molecule has 0 bridgehead atoms. The Morgan fingerprint density at radius 2 is 2.18 bits per heavy atom. The molecule has 0 aliphatic carbocycles. The van der Waals surface area contributed by atoms with Gasteiger partial charge >= 0.3 is 0 Å². The van der Waals surface area contributed by atoms with E-state index in [1.807, 2.05) is 31.3 Å². The molecule has 0 radical (unpaired) electrons. The maximum atomic E-state index is 13.0. The molecule has 28 heavy (non-hydrogen) atoms. The van der Waals surface area contributed by atoms with Gasteiger partial charge in [-0.3, -0.25) is 4.79 Å². The Labute approximate surface area is 168 Å². The molecule has 1 unspecified atom stereocenters. The smallest absolute Gasteiger partial charge is 0.270 e. The lowest BCUT2D eigenvalue weighted by atomic mass is 10.2. The van der Waals surface area contributed by atoms with Crippen molar-refractivity contribution >= 4 is 34.4 Å². The molecular formula is C20H22ClN5O2. The summed E-state index contributed by atoms with van der Waals surface area (Å²) >= 11 is 5.89. The SMILES string of the molecule is COc1cccc2[nH]c(C(=O)N(C)CC3CCCN3c3ncc(Cl)cn3)cc12. The molecule has 1 saturated heterocycles. The van der Waals surface area contributed by atoms with Crippen LogP contribution in [-0.2, 0) is 0 Å². The second-order valence-corrected chi connectivity index (χ2v) is 7.42. The number of nitrogens with one attached hydrogen (secondary N) is 1. The summed E-state index contributed by atoms with van der Waals surface area (Å²) in [6.45, 7) is 1.47.